The maximum atomic E-state index is 11.6. The highest BCUT2D eigenvalue weighted by Gasteiger charge is 2.10. The molecule has 84 valence electrons. The summed E-state index contributed by atoms with van der Waals surface area (Å²) in [6.45, 7) is 4.01. The van der Waals surface area contributed by atoms with E-state index in [4.69, 9.17) is 9.47 Å². The van der Waals surface area contributed by atoms with Gasteiger partial charge in [0.05, 0.1) is 6.54 Å². The Morgan fingerprint density at radius 3 is 2.47 bits per heavy atom. The van der Waals surface area contributed by atoms with Gasteiger partial charge in [0, 0.05) is 25.6 Å². The van der Waals surface area contributed by atoms with E-state index < -0.39 is 6.29 Å². The average Bonchev–Trinajstić information content (AvgIpc) is 2.17. The van der Waals surface area contributed by atoms with E-state index in [1.54, 1.807) is 6.92 Å². The van der Waals surface area contributed by atoms with Crippen LogP contribution in [0.4, 0.5) is 0 Å². The van der Waals surface area contributed by atoms with Crippen molar-refractivity contribution in [2.24, 2.45) is 0 Å². The van der Waals surface area contributed by atoms with Crippen molar-refractivity contribution in [2.75, 3.05) is 14.2 Å². The first-order chi connectivity index (χ1) is 7.08. The van der Waals surface area contributed by atoms with Crippen molar-refractivity contribution in [2.45, 2.75) is 26.7 Å². The van der Waals surface area contributed by atoms with E-state index in [0.717, 1.165) is 11.4 Å². The molecule has 1 heterocycles. The third-order valence-corrected chi connectivity index (χ3v) is 2.20. The minimum atomic E-state index is -0.425. The molecule has 0 N–H and O–H groups in total. The van der Waals surface area contributed by atoms with Crippen molar-refractivity contribution in [1.29, 1.82) is 0 Å². The molecule has 0 unspecified atom stereocenters. The van der Waals surface area contributed by atoms with Crippen molar-refractivity contribution >= 4 is 0 Å². The van der Waals surface area contributed by atoms with Crippen molar-refractivity contribution in [3.8, 4) is 0 Å². The third kappa shape index (κ3) is 2.87. The van der Waals surface area contributed by atoms with Gasteiger partial charge in [0.2, 0.25) is 0 Å². The topological polar surface area (TPSA) is 53.4 Å². The summed E-state index contributed by atoms with van der Waals surface area (Å²) in [6, 6.07) is 1.85. The first kappa shape index (κ1) is 11.9. The lowest BCUT2D eigenvalue weighted by molar-refractivity contribution is -0.111. The standard InChI is InChI=1S/C10H16N2O3/c1-7-5-8(2)12(10(13)11-7)6-9(14-3)15-4/h5,9H,6H2,1-4H3. The fourth-order valence-electron chi connectivity index (χ4n) is 1.39. The van der Waals surface area contributed by atoms with E-state index >= 15 is 0 Å². The molecule has 0 saturated carbocycles. The maximum absolute atomic E-state index is 11.6. The predicted molar refractivity (Wildman–Crippen MR) is 55.8 cm³/mol. The molecule has 1 aromatic heterocycles. The summed E-state index contributed by atoms with van der Waals surface area (Å²) in [5, 5.41) is 0. The van der Waals surface area contributed by atoms with E-state index in [2.05, 4.69) is 4.98 Å². The maximum Gasteiger partial charge on any atom is 0.348 e. The molecule has 0 radical (unpaired) electrons. The number of methoxy groups -OCH3 is 2. The van der Waals surface area contributed by atoms with Crippen molar-refractivity contribution < 1.29 is 9.47 Å². The molecule has 0 aromatic carbocycles. The van der Waals surface area contributed by atoms with Crippen LogP contribution in [0, 0.1) is 13.8 Å². The Balaban J connectivity index is 2.99. The Bertz CT molecular complexity index is 383. The van der Waals surface area contributed by atoms with Gasteiger partial charge in [-0.3, -0.25) is 4.57 Å². The Kier molecular flexibility index (Phi) is 3.99. The van der Waals surface area contributed by atoms with Crippen LogP contribution >= 0.6 is 0 Å². The molecule has 0 amide bonds. The second kappa shape index (κ2) is 5.04. The van der Waals surface area contributed by atoms with Crippen LogP contribution in [0.3, 0.4) is 0 Å². The highest BCUT2D eigenvalue weighted by atomic mass is 16.7. The molecule has 0 aliphatic carbocycles. The second-order valence-electron chi connectivity index (χ2n) is 3.33. The van der Waals surface area contributed by atoms with Gasteiger partial charge in [-0.2, -0.15) is 4.98 Å². The molecule has 0 spiro atoms. The van der Waals surface area contributed by atoms with Crippen LogP contribution in [0.1, 0.15) is 11.4 Å². The van der Waals surface area contributed by atoms with E-state index in [0.29, 0.717) is 6.54 Å². The van der Waals surface area contributed by atoms with Crippen molar-refractivity contribution in [1.82, 2.24) is 9.55 Å². The number of rotatable bonds is 4. The summed E-state index contributed by atoms with van der Waals surface area (Å²) in [6.07, 6.45) is -0.425. The summed E-state index contributed by atoms with van der Waals surface area (Å²) in [5.41, 5.74) is 1.30. The molecule has 0 aliphatic heterocycles. The van der Waals surface area contributed by atoms with Crippen LogP contribution in [-0.4, -0.2) is 30.1 Å². The first-order valence-electron chi connectivity index (χ1n) is 4.69. The van der Waals surface area contributed by atoms with Gasteiger partial charge in [0.1, 0.15) is 0 Å². The molecule has 0 aliphatic rings. The van der Waals surface area contributed by atoms with E-state index in [1.165, 1.54) is 18.8 Å². The number of aryl methyl sites for hydroxylation is 2. The Labute approximate surface area is 88.7 Å². The summed E-state index contributed by atoms with van der Waals surface area (Å²) >= 11 is 0. The zero-order valence-electron chi connectivity index (χ0n) is 9.48. The zero-order chi connectivity index (χ0) is 11.4. The highest BCUT2D eigenvalue weighted by Crippen LogP contribution is 2.00. The lowest BCUT2D eigenvalue weighted by Gasteiger charge is -2.16. The van der Waals surface area contributed by atoms with Crippen molar-refractivity contribution in [3.63, 3.8) is 0 Å². The van der Waals surface area contributed by atoms with Gasteiger partial charge >= 0.3 is 5.69 Å². The number of hydrogen-bond donors (Lipinski definition) is 0. The summed E-state index contributed by atoms with van der Waals surface area (Å²) in [4.78, 5) is 15.4. The molecule has 15 heavy (non-hydrogen) atoms. The molecular formula is C10H16N2O3. The Morgan fingerprint density at radius 2 is 2.00 bits per heavy atom. The second-order valence-corrected chi connectivity index (χ2v) is 3.33. The molecule has 5 heteroatoms. The first-order valence-corrected chi connectivity index (χ1v) is 4.69. The monoisotopic (exact) mass is 212 g/mol. The summed E-state index contributed by atoms with van der Waals surface area (Å²) in [7, 11) is 3.08. The molecule has 5 nitrogen and oxygen atoms in total. The normalized spacial score (nSPS) is 11.0. The summed E-state index contributed by atoms with van der Waals surface area (Å²) in [5.74, 6) is 0. The van der Waals surface area contributed by atoms with Crippen LogP contribution < -0.4 is 5.69 Å². The Hall–Kier alpha value is -1.20. The highest BCUT2D eigenvalue weighted by molar-refractivity contribution is 5.06. The van der Waals surface area contributed by atoms with Crippen LogP contribution in [0.15, 0.2) is 10.9 Å². The van der Waals surface area contributed by atoms with Crippen LogP contribution in [-0.2, 0) is 16.0 Å². The van der Waals surface area contributed by atoms with Gasteiger partial charge in [0.25, 0.3) is 0 Å². The quantitative estimate of drug-likeness (QED) is 0.681. The molecule has 0 atom stereocenters. The Morgan fingerprint density at radius 1 is 1.40 bits per heavy atom. The average molecular weight is 212 g/mol. The van der Waals surface area contributed by atoms with E-state index in [9.17, 15) is 4.79 Å². The predicted octanol–water partition coefficient (Wildman–Crippen LogP) is 0.479. The fourth-order valence-corrected chi connectivity index (χ4v) is 1.39. The van der Waals surface area contributed by atoms with Gasteiger partial charge in [-0.05, 0) is 19.9 Å². The number of hydrogen-bond acceptors (Lipinski definition) is 4. The van der Waals surface area contributed by atoms with E-state index in [1.807, 2.05) is 13.0 Å². The molecule has 1 rings (SSSR count). The zero-order valence-corrected chi connectivity index (χ0v) is 9.48. The van der Waals surface area contributed by atoms with Crippen LogP contribution in [0.25, 0.3) is 0 Å². The largest absolute Gasteiger partial charge is 0.354 e. The smallest absolute Gasteiger partial charge is 0.348 e. The molecular weight excluding hydrogens is 196 g/mol. The number of nitrogens with zero attached hydrogens (tertiary/aromatic N) is 2. The van der Waals surface area contributed by atoms with E-state index in [-0.39, 0.29) is 5.69 Å². The fraction of sp³-hybridized carbons (Fsp3) is 0.600. The minimum absolute atomic E-state index is 0.272. The number of aromatic nitrogens is 2. The van der Waals surface area contributed by atoms with Gasteiger partial charge in [-0.25, -0.2) is 4.79 Å². The van der Waals surface area contributed by atoms with Gasteiger partial charge in [0.15, 0.2) is 6.29 Å². The molecule has 1 aromatic rings. The van der Waals surface area contributed by atoms with Gasteiger partial charge in [-0.15, -0.1) is 0 Å². The minimum Gasteiger partial charge on any atom is -0.354 e. The van der Waals surface area contributed by atoms with Crippen LogP contribution in [0.5, 0.6) is 0 Å². The SMILES string of the molecule is COC(Cn1c(C)cc(C)nc1=O)OC. The van der Waals surface area contributed by atoms with Gasteiger partial charge in [-0.1, -0.05) is 0 Å². The summed E-state index contributed by atoms with van der Waals surface area (Å²) < 4.78 is 11.6. The van der Waals surface area contributed by atoms with Gasteiger partial charge < -0.3 is 9.47 Å². The molecule has 0 bridgehead atoms. The lowest BCUT2D eigenvalue weighted by Crippen LogP contribution is -2.32. The molecule has 0 saturated heterocycles. The molecule has 0 fully saturated rings. The van der Waals surface area contributed by atoms with Crippen LogP contribution in [0.2, 0.25) is 0 Å². The third-order valence-electron chi connectivity index (χ3n) is 2.20. The van der Waals surface area contributed by atoms with Crippen molar-refractivity contribution in [3.05, 3.63) is 27.9 Å². The number of ether oxygens (including phenoxy) is 2. The lowest BCUT2D eigenvalue weighted by atomic mass is 10.3.